The fraction of sp³-hybridized carbons (Fsp3) is 0.476. The normalized spacial score (nSPS) is 28.2. The Morgan fingerprint density at radius 2 is 1.86 bits per heavy atom. The predicted molar refractivity (Wildman–Crippen MR) is 110 cm³/mol. The number of benzene rings is 1. The molecule has 156 valence electrons. The van der Waals surface area contributed by atoms with Crippen molar-refractivity contribution in [2.45, 2.75) is 19.4 Å². The first-order valence-corrected chi connectivity index (χ1v) is 10.1. The maximum Gasteiger partial charge on any atom is 0.247 e. The molecule has 1 saturated heterocycles. The standard InChI is InChI=1S/C21H26ClN3O4/c1-12-4-9-15-17(16(12)19(27)23-2)21(29)25(10-3-11-26)18(15)20(28)24-14-7-5-13(22)6-8-14/h4-9,12,15-18,26H,3,10-11H2,1-2H3,(H,23,27)(H,24,28)/t12-,15+,16-,17-,18+/m1/s1. The molecule has 1 fully saturated rings. The Morgan fingerprint density at radius 1 is 1.17 bits per heavy atom. The van der Waals surface area contributed by atoms with Gasteiger partial charge in [0.05, 0.1) is 11.8 Å². The minimum Gasteiger partial charge on any atom is -0.396 e. The SMILES string of the molecule is CNC(=O)[C@H]1[C@@H]2C(=O)N(CCCO)[C@H](C(=O)Nc3ccc(Cl)cc3)[C@H]2C=C[C@H]1C. The van der Waals surface area contributed by atoms with Crippen LogP contribution in [-0.4, -0.2) is 54.0 Å². The molecule has 0 unspecified atom stereocenters. The number of fused-ring (bicyclic) bond motifs is 1. The zero-order valence-electron chi connectivity index (χ0n) is 16.5. The molecular formula is C21H26ClN3O4. The number of allylic oxidation sites excluding steroid dienone is 1. The predicted octanol–water partition coefficient (Wildman–Crippen LogP) is 1.67. The smallest absolute Gasteiger partial charge is 0.247 e. The second kappa shape index (κ2) is 8.97. The van der Waals surface area contributed by atoms with Crippen molar-refractivity contribution in [1.82, 2.24) is 10.2 Å². The van der Waals surface area contributed by atoms with Crippen LogP contribution in [0.5, 0.6) is 0 Å². The van der Waals surface area contributed by atoms with Gasteiger partial charge in [-0.3, -0.25) is 14.4 Å². The van der Waals surface area contributed by atoms with Crippen LogP contribution in [-0.2, 0) is 14.4 Å². The summed E-state index contributed by atoms with van der Waals surface area (Å²) in [6.07, 6.45) is 4.16. The van der Waals surface area contributed by atoms with E-state index in [1.807, 2.05) is 19.1 Å². The van der Waals surface area contributed by atoms with E-state index in [4.69, 9.17) is 11.6 Å². The van der Waals surface area contributed by atoms with E-state index >= 15 is 0 Å². The highest BCUT2D eigenvalue weighted by Gasteiger charge is 2.56. The van der Waals surface area contributed by atoms with Gasteiger partial charge in [-0.1, -0.05) is 30.7 Å². The Labute approximate surface area is 175 Å². The van der Waals surface area contributed by atoms with Gasteiger partial charge in [0.1, 0.15) is 6.04 Å². The third-order valence-electron chi connectivity index (χ3n) is 5.76. The molecule has 1 aliphatic carbocycles. The molecule has 3 rings (SSSR count). The van der Waals surface area contributed by atoms with Crippen LogP contribution in [0.3, 0.4) is 0 Å². The molecule has 0 aromatic heterocycles. The third kappa shape index (κ3) is 4.16. The molecule has 0 bridgehead atoms. The van der Waals surface area contributed by atoms with Crippen molar-refractivity contribution in [1.29, 1.82) is 0 Å². The monoisotopic (exact) mass is 419 g/mol. The zero-order valence-corrected chi connectivity index (χ0v) is 17.2. The molecule has 0 saturated carbocycles. The number of likely N-dealkylation sites (tertiary alicyclic amines) is 1. The molecule has 2 aliphatic rings. The first kappa shape index (κ1) is 21.3. The van der Waals surface area contributed by atoms with Crippen molar-refractivity contribution in [3.8, 4) is 0 Å². The number of carbonyl (C=O) groups excluding carboxylic acids is 3. The summed E-state index contributed by atoms with van der Waals surface area (Å²) in [7, 11) is 1.55. The van der Waals surface area contributed by atoms with E-state index in [9.17, 15) is 19.5 Å². The molecule has 1 aromatic rings. The van der Waals surface area contributed by atoms with Gasteiger partial charge in [-0.05, 0) is 36.6 Å². The highest BCUT2D eigenvalue weighted by atomic mass is 35.5. The Hall–Kier alpha value is -2.38. The molecule has 7 nitrogen and oxygen atoms in total. The van der Waals surface area contributed by atoms with E-state index in [0.717, 1.165) is 0 Å². The van der Waals surface area contributed by atoms with E-state index in [1.54, 1.807) is 31.3 Å². The molecule has 3 N–H and O–H groups in total. The highest BCUT2D eigenvalue weighted by molar-refractivity contribution is 6.30. The van der Waals surface area contributed by atoms with Crippen LogP contribution >= 0.6 is 11.6 Å². The van der Waals surface area contributed by atoms with Crippen molar-refractivity contribution < 1.29 is 19.5 Å². The minimum atomic E-state index is -0.745. The molecular weight excluding hydrogens is 394 g/mol. The summed E-state index contributed by atoms with van der Waals surface area (Å²) in [6, 6.07) is 5.99. The van der Waals surface area contributed by atoms with Crippen molar-refractivity contribution in [3.63, 3.8) is 0 Å². The molecule has 8 heteroatoms. The van der Waals surface area contributed by atoms with Crippen LogP contribution < -0.4 is 10.6 Å². The molecule has 5 atom stereocenters. The molecule has 1 aromatic carbocycles. The lowest BCUT2D eigenvalue weighted by atomic mass is 9.70. The second-order valence-electron chi connectivity index (χ2n) is 7.54. The van der Waals surface area contributed by atoms with Crippen molar-refractivity contribution in [2.75, 3.05) is 25.5 Å². The summed E-state index contributed by atoms with van der Waals surface area (Å²) in [5.74, 6) is -2.40. The number of hydrogen-bond donors (Lipinski definition) is 3. The van der Waals surface area contributed by atoms with E-state index in [0.29, 0.717) is 17.1 Å². The van der Waals surface area contributed by atoms with Gasteiger partial charge in [0.2, 0.25) is 17.7 Å². The van der Waals surface area contributed by atoms with Crippen molar-refractivity contribution in [2.24, 2.45) is 23.7 Å². The number of amides is 3. The van der Waals surface area contributed by atoms with Crippen LogP contribution in [0.25, 0.3) is 0 Å². The summed E-state index contributed by atoms with van der Waals surface area (Å²) in [5, 5.41) is 15.3. The summed E-state index contributed by atoms with van der Waals surface area (Å²) in [5.41, 5.74) is 0.577. The molecule has 1 aliphatic heterocycles. The lowest BCUT2D eigenvalue weighted by Crippen LogP contribution is -2.45. The molecule has 3 amide bonds. The lowest BCUT2D eigenvalue weighted by Gasteiger charge is -2.32. The van der Waals surface area contributed by atoms with Gasteiger partial charge >= 0.3 is 0 Å². The number of aliphatic hydroxyl groups is 1. The number of hydrogen-bond acceptors (Lipinski definition) is 4. The minimum absolute atomic E-state index is 0.0875. The Balaban J connectivity index is 1.93. The van der Waals surface area contributed by atoms with E-state index in [1.165, 1.54) is 4.90 Å². The summed E-state index contributed by atoms with van der Waals surface area (Å²) >= 11 is 5.90. The van der Waals surface area contributed by atoms with Crippen LogP contribution in [0.4, 0.5) is 5.69 Å². The Kier molecular flexibility index (Phi) is 6.59. The highest BCUT2D eigenvalue weighted by Crippen LogP contribution is 2.44. The number of nitrogens with zero attached hydrogens (tertiary/aromatic N) is 1. The van der Waals surface area contributed by atoms with E-state index < -0.39 is 23.8 Å². The average Bonchev–Trinajstić information content (AvgIpc) is 2.99. The first-order chi connectivity index (χ1) is 13.9. The molecule has 29 heavy (non-hydrogen) atoms. The third-order valence-corrected chi connectivity index (χ3v) is 6.01. The Morgan fingerprint density at radius 3 is 2.48 bits per heavy atom. The number of carbonyl (C=O) groups is 3. The maximum absolute atomic E-state index is 13.3. The van der Waals surface area contributed by atoms with E-state index in [2.05, 4.69) is 10.6 Å². The number of anilines is 1. The summed E-state index contributed by atoms with van der Waals surface area (Å²) in [4.78, 5) is 40.5. The zero-order chi connectivity index (χ0) is 21.1. The number of nitrogens with one attached hydrogen (secondary N) is 2. The number of halogens is 1. The van der Waals surface area contributed by atoms with Crippen molar-refractivity contribution in [3.05, 3.63) is 41.4 Å². The maximum atomic E-state index is 13.3. The number of rotatable bonds is 6. The van der Waals surface area contributed by atoms with Crippen LogP contribution in [0.2, 0.25) is 5.02 Å². The molecule has 0 radical (unpaired) electrons. The van der Waals surface area contributed by atoms with Gasteiger partial charge in [-0.15, -0.1) is 0 Å². The summed E-state index contributed by atoms with van der Waals surface area (Å²) < 4.78 is 0. The van der Waals surface area contributed by atoms with Crippen LogP contribution in [0, 0.1) is 23.7 Å². The average molecular weight is 420 g/mol. The topological polar surface area (TPSA) is 98.7 Å². The summed E-state index contributed by atoms with van der Waals surface area (Å²) in [6.45, 7) is 2.07. The number of aliphatic hydroxyl groups excluding tert-OH is 1. The fourth-order valence-electron chi connectivity index (χ4n) is 4.39. The van der Waals surface area contributed by atoms with Gasteiger partial charge in [0.15, 0.2) is 0 Å². The van der Waals surface area contributed by atoms with Crippen LogP contribution in [0.15, 0.2) is 36.4 Å². The van der Waals surface area contributed by atoms with Gasteiger partial charge in [0, 0.05) is 36.8 Å². The lowest BCUT2D eigenvalue weighted by molar-refractivity contribution is -0.140. The fourth-order valence-corrected chi connectivity index (χ4v) is 4.52. The Bertz CT molecular complexity index is 811. The van der Waals surface area contributed by atoms with Crippen molar-refractivity contribution >= 4 is 35.0 Å². The first-order valence-electron chi connectivity index (χ1n) is 9.76. The molecule has 1 heterocycles. The van der Waals surface area contributed by atoms with E-state index in [-0.39, 0.29) is 36.8 Å². The molecule has 0 spiro atoms. The largest absolute Gasteiger partial charge is 0.396 e. The van der Waals surface area contributed by atoms with Gasteiger partial charge in [-0.2, -0.15) is 0 Å². The van der Waals surface area contributed by atoms with Gasteiger partial charge in [-0.25, -0.2) is 0 Å². The van der Waals surface area contributed by atoms with Gasteiger partial charge in [0.25, 0.3) is 0 Å². The van der Waals surface area contributed by atoms with Gasteiger partial charge < -0.3 is 20.6 Å². The second-order valence-corrected chi connectivity index (χ2v) is 7.97. The van der Waals surface area contributed by atoms with Crippen LogP contribution in [0.1, 0.15) is 13.3 Å². The quantitative estimate of drug-likeness (QED) is 0.611.